The summed E-state index contributed by atoms with van der Waals surface area (Å²) in [5.74, 6) is 1.41. The van der Waals surface area contributed by atoms with Gasteiger partial charge in [-0.15, -0.1) is 0 Å². The Labute approximate surface area is 292 Å². The normalized spacial score (nSPS) is 21.0. The minimum Gasteiger partial charge on any atom is -0.494 e. The monoisotopic (exact) mass is 722 g/mol. The van der Waals surface area contributed by atoms with Crippen LogP contribution in [0.1, 0.15) is 61.1 Å². The first-order chi connectivity index (χ1) is 22.9. The molecule has 1 fully saturated rings. The average Bonchev–Trinajstić information content (AvgIpc) is 3.10. The Morgan fingerprint density at radius 1 is 0.809 bits per heavy atom. The number of rotatable bonds is 15. The van der Waals surface area contributed by atoms with E-state index in [1.165, 1.54) is 0 Å². The van der Waals surface area contributed by atoms with Crippen molar-refractivity contribution in [3.8, 4) is 11.5 Å². The van der Waals surface area contributed by atoms with Crippen LogP contribution in [0.5, 0.6) is 11.5 Å². The molecule has 0 aliphatic carbocycles. The predicted octanol–water partition coefficient (Wildman–Crippen LogP) is 9.12. The van der Waals surface area contributed by atoms with E-state index < -0.39 is 12.2 Å². The van der Waals surface area contributed by atoms with Gasteiger partial charge in [-0.1, -0.05) is 98.2 Å². The van der Waals surface area contributed by atoms with E-state index in [0.29, 0.717) is 41.5 Å². The molecule has 1 N–H and O–H groups in total. The number of ether oxygens (including phenoxy) is 5. The van der Waals surface area contributed by atoms with Crippen LogP contribution >= 0.6 is 27.5 Å². The standard InChI is InChI=1S/C39H44BrClO6/c1-4-33-26(3)36(45-24-28-12-8-6-9-13-28)39(46-25-29-14-10-7-11-15-29)38(47-33)32-23-30(35(41)34(40)37(32)44-21-20-42)22-27-16-18-31(19-17-27)43-5-2/h6-19,23,26,33,36,38-39,42H,4-5,20-22,24-25H2,1-3H3/t26-,33-,36+,38+,39-/m1/s1. The molecule has 5 atom stereocenters. The van der Waals surface area contributed by atoms with Crippen LogP contribution in [0.3, 0.4) is 0 Å². The van der Waals surface area contributed by atoms with Gasteiger partial charge in [0.15, 0.2) is 0 Å². The molecule has 0 unspecified atom stereocenters. The lowest BCUT2D eigenvalue weighted by Gasteiger charge is -2.46. The smallest absolute Gasteiger partial charge is 0.141 e. The van der Waals surface area contributed by atoms with Crippen LogP contribution in [-0.4, -0.2) is 43.2 Å². The zero-order chi connectivity index (χ0) is 33.2. The molecular weight excluding hydrogens is 680 g/mol. The average molecular weight is 724 g/mol. The van der Waals surface area contributed by atoms with E-state index in [9.17, 15) is 5.11 Å². The number of aliphatic hydroxyl groups excluding tert-OH is 1. The first kappa shape index (κ1) is 35.4. The lowest BCUT2D eigenvalue weighted by Crippen LogP contribution is -2.51. The Kier molecular flexibility index (Phi) is 13.2. The molecule has 0 amide bonds. The van der Waals surface area contributed by atoms with E-state index in [1.807, 2.05) is 55.5 Å². The highest BCUT2D eigenvalue weighted by Crippen LogP contribution is 2.48. The largest absolute Gasteiger partial charge is 0.494 e. The highest BCUT2D eigenvalue weighted by Gasteiger charge is 2.46. The van der Waals surface area contributed by atoms with Crippen LogP contribution in [0.4, 0.5) is 0 Å². The van der Waals surface area contributed by atoms with Gasteiger partial charge in [-0.25, -0.2) is 0 Å². The molecule has 0 saturated carbocycles. The summed E-state index contributed by atoms with van der Waals surface area (Å²) in [5.41, 5.74) is 4.95. The van der Waals surface area contributed by atoms with Gasteiger partial charge in [0.25, 0.3) is 0 Å². The highest BCUT2D eigenvalue weighted by molar-refractivity contribution is 9.10. The van der Waals surface area contributed by atoms with Crippen molar-refractivity contribution in [1.82, 2.24) is 0 Å². The van der Waals surface area contributed by atoms with E-state index in [-0.39, 0.29) is 31.3 Å². The first-order valence-corrected chi connectivity index (χ1v) is 17.5. The van der Waals surface area contributed by atoms with Crippen molar-refractivity contribution < 1.29 is 28.8 Å². The van der Waals surface area contributed by atoms with E-state index in [2.05, 4.69) is 72.2 Å². The summed E-state index contributed by atoms with van der Waals surface area (Å²) in [5, 5.41) is 10.3. The third-order valence-electron chi connectivity index (χ3n) is 8.56. The third-order valence-corrected chi connectivity index (χ3v) is 9.98. The maximum atomic E-state index is 9.74. The van der Waals surface area contributed by atoms with Crippen LogP contribution in [0.15, 0.2) is 95.5 Å². The molecular formula is C39H44BrClO6. The molecule has 1 aliphatic heterocycles. The minimum atomic E-state index is -0.540. The minimum absolute atomic E-state index is 0.0570. The fourth-order valence-electron chi connectivity index (χ4n) is 6.16. The summed E-state index contributed by atoms with van der Waals surface area (Å²) >= 11 is 10.8. The Hall–Kier alpha value is -2.91. The Morgan fingerprint density at radius 2 is 1.43 bits per heavy atom. The van der Waals surface area contributed by atoms with Gasteiger partial charge in [0.2, 0.25) is 0 Å². The van der Waals surface area contributed by atoms with Crippen molar-refractivity contribution in [3.05, 3.63) is 128 Å². The summed E-state index contributed by atoms with van der Waals surface area (Å²) in [6, 6.07) is 30.4. The fraction of sp³-hybridized carbons (Fsp3) is 0.385. The molecule has 0 bridgehead atoms. The molecule has 1 saturated heterocycles. The second-order valence-electron chi connectivity index (χ2n) is 11.8. The number of halogens is 2. The highest BCUT2D eigenvalue weighted by atomic mass is 79.9. The quantitative estimate of drug-likeness (QED) is 0.132. The van der Waals surface area contributed by atoms with Gasteiger partial charge in [-0.2, -0.15) is 0 Å². The van der Waals surface area contributed by atoms with Crippen molar-refractivity contribution in [2.24, 2.45) is 5.92 Å². The zero-order valence-electron chi connectivity index (χ0n) is 27.2. The topological polar surface area (TPSA) is 66.4 Å². The van der Waals surface area contributed by atoms with Gasteiger partial charge in [0, 0.05) is 11.5 Å². The van der Waals surface area contributed by atoms with Gasteiger partial charge < -0.3 is 28.8 Å². The molecule has 0 spiro atoms. The molecule has 6 nitrogen and oxygen atoms in total. The molecule has 4 aromatic carbocycles. The van der Waals surface area contributed by atoms with Crippen molar-refractivity contribution in [1.29, 1.82) is 0 Å². The maximum Gasteiger partial charge on any atom is 0.141 e. The van der Waals surface area contributed by atoms with Crippen LogP contribution < -0.4 is 9.47 Å². The van der Waals surface area contributed by atoms with Crippen molar-refractivity contribution in [3.63, 3.8) is 0 Å². The Morgan fingerprint density at radius 3 is 2.00 bits per heavy atom. The second-order valence-corrected chi connectivity index (χ2v) is 13.0. The molecule has 250 valence electrons. The number of hydrogen-bond donors (Lipinski definition) is 1. The first-order valence-electron chi connectivity index (χ1n) is 16.4. The van der Waals surface area contributed by atoms with Crippen LogP contribution in [0.2, 0.25) is 5.02 Å². The number of hydrogen-bond acceptors (Lipinski definition) is 6. The molecule has 0 radical (unpaired) electrons. The zero-order valence-corrected chi connectivity index (χ0v) is 29.6. The van der Waals surface area contributed by atoms with Gasteiger partial charge in [-0.3, -0.25) is 0 Å². The summed E-state index contributed by atoms with van der Waals surface area (Å²) < 4.78 is 33.0. The molecule has 0 aromatic heterocycles. The lowest BCUT2D eigenvalue weighted by atomic mass is 9.83. The SMILES string of the molecule is CCOc1ccc(Cc2cc([C@@H]3O[C@H](CC)[C@@H](C)[C@H](OCc4ccccc4)[C@H]3OCc3ccccc3)c(OCCO)c(Br)c2Cl)cc1. The van der Waals surface area contributed by atoms with E-state index in [1.54, 1.807) is 0 Å². The molecule has 47 heavy (non-hydrogen) atoms. The Bertz CT molecular complexity index is 1540. The van der Waals surface area contributed by atoms with Crippen molar-refractivity contribution in [2.75, 3.05) is 19.8 Å². The van der Waals surface area contributed by atoms with Gasteiger partial charge in [0.1, 0.15) is 30.3 Å². The number of aliphatic hydroxyl groups is 1. The van der Waals surface area contributed by atoms with E-state index >= 15 is 0 Å². The third kappa shape index (κ3) is 8.96. The van der Waals surface area contributed by atoms with Crippen molar-refractivity contribution in [2.45, 2.75) is 71.2 Å². The van der Waals surface area contributed by atoms with Crippen LogP contribution in [-0.2, 0) is 33.8 Å². The summed E-state index contributed by atoms with van der Waals surface area (Å²) in [6.45, 7) is 7.69. The molecule has 1 aliphatic rings. The van der Waals surface area contributed by atoms with Crippen molar-refractivity contribution >= 4 is 27.5 Å². The molecule has 1 heterocycles. The second kappa shape index (κ2) is 17.5. The van der Waals surface area contributed by atoms with Gasteiger partial charge >= 0.3 is 0 Å². The maximum absolute atomic E-state index is 9.74. The van der Waals surface area contributed by atoms with Gasteiger partial charge in [-0.05, 0) is 76.1 Å². The predicted molar refractivity (Wildman–Crippen MR) is 189 cm³/mol. The van der Waals surface area contributed by atoms with Crippen LogP contribution in [0.25, 0.3) is 0 Å². The molecule has 8 heteroatoms. The van der Waals surface area contributed by atoms with Crippen LogP contribution in [0, 0.1) is 5.92 Å². The van der Waals surface area contributed by atoms with E-state index in [0.717, 1.165) is 40.0 Å². The summed E-state index contributed by atoms with van der Waals surface area (Å²) in [6.07, 6.45) is 0.00136. The Balaban J connectivity index is 1.57. The van der Waals surface area contributed by atoms with E-state index in [4.69, 9.17) is 35.3 Å². The fourth-order valence-corrected chi connectivity index (χ4v) is 6.97. The molecule has 4 aromatic rings. The molecule has 5 rings (SSSR count). The summed E-state index contributed by atoms with van der Waals surface area (Å²) in [7, 11) is 0. The lowest BCUT2D eigenvalue weighted by molar-refractivity contribution is -0.235. The number of benzene rings is 4. The van der Waals surface area contributed by atoms with Gasteiger partial charge in [0.05, 0.1) is 48.1 Å². The summed E-state index contributed by atoms with van der Waals surface area (Å²) in [4.78, 5) is 0.